The Kier molecular flexibility index (Phi) is 5.30. The molecule has 1 heterocycles. The summed E-state index contributed by atoms with van der Waals surface area (Å²) in [5.74, 6) is 1.35. The quantitative estimate of drug-likeness (QED) is 0.851. The van der Waals surface area contributed by atoms with Gasteiger partial charge in [0.15, 0.2) is 17.6 Å². The fourth-order valence-electron chi connectivity index (χ4n) is 4.00. The first-order valence-corrected chi connectivity index (χ1v) is 9.71. The summed E-state index contributed by atoms with van der Waals surface area (Å²) in [5, 5.41) is 3.52. The first kappa shape index (κ1) is 17.9. The summed E-state index contributed by atoms with van der Waals surface area (Å²) in [6.07, 6.45) is 4.05. The Morgan fingerprint density at radius 2 is 1.78 bits per heavy atom. The number of nitrogens with one attached hydrogen (secondary N) is 1. The lowest BCUT2D eigenvalue weighted by molar-refractivity contribution is -0.123. The Balaban J connectivity index is 1.36. The molecule has 2 aliphatic rings. The number of hydrogen-bond acceptors (Lipinski definition) is 4. The lowest BCUT2D eigenvalue weighted by atomic mass is 9.84. The van der Waals surface area contributed by atoms with Gasteiger partial charge in [0, 0.05) is 12.6 Å². The van der Waals surface area contributed by atoms with Gasteiger partial charge in [-0.25, -0.2) is 0 Å². The fraction of sp³-hybridized carbons (Fsp3) is 0.409. The third-order valence-electron chi connectivity index (χ3n) is 5.56. The molecule has 0 saturated heterocycles. The van der Waals surface area contributed by atoms with Gasteiger partial charge in [0.25, 0.3) is 0 Å². The van der Waals surface area contributed by atoms with Crippen molar-refractivity contribution >= 4 is 5.91 Å². The molecule has 0 spiro atoms. The number of rotatable bonds is 5. The molecule has 1 aliphatic carbocycles. The molecule has 2 aromatic rings. The zero-order valence-electron chi connectivity index (χ0n) is 15.4. The SMILES string of the molecule is NC(=O)C1CCCCC1NCc1ccc([C@H]2COc3ccccc3O2)cc1. The Morgan fingerprint density at radius 1 is 1.04 bits per heavy atom. The van der Waals surface area contributed by atoms with Gasteiger partial charge in [-0.3, -0.25) is 4.79 Å². The van der Waals surface area contributed by atoms with Crippen molar-refractivity contribution in [3.63, 3.8) is 0 Å². The Morgan fingerprint density at radius 3 is 2.56 bits per heavy atom. The molecule has 0 radical (unpaired) electrons. The lowest BCUT2D eigenvalue weighted by Gasteiger charge is -2.30. The van der Waals surface area contributed by atoms with E-state index in [0.717, 1.165) is 49.3 Å². The zero-order valence-corrected chi connectivity index (χ0v) is 15.4. The summed E-state index contributed by atoms with van der Waals surface area (Å²) < 4.78 is 11.9. The van der Waals surface area contributed by atoms with Gasteiger partial charge in [-0.05, 0) is 36.1 Å². The summed E-state index contributed by atoms with van der Waals surface area (Å²) in [7, 11) is 0. The first-order valence-electron chi connectivity index (χ1n) is 9.71. The van der Waals surface area contributed by atoms with Crippen molar-refractivity contribution in [2.75, 3.05) is 6.61 Å². The van der Waals surface area contributed by atoms with Crippen molar-refractivity contribution in [2.24, 2.45) is 11.7 Å². The summed E-state index contributed by atoms with van der Waals surface area (Å²) in [6.45, 7) is 1.25. The smallest absolute Gasteiger partial charge is 0.222 e. The zero-order chi connectivity index (χ0) is 18.6. The monoisotopic (exact) mass is 366 g/mol. The number of fused-ring (bicyclic) bond motifs is 1. The maximum absolute atomic E-state index is 11.6. The van der Waals surface area contributed by atoms with Gasteiger partial charge in [-0.1, -0.05) is 49.2 Å². The van der Waals surface area contributed by atoms with Crippen LogP contribution in [-0.2, 0) is 11.3 Å². The summed E-state index contributed by atoms with van der Waals surface area (Å²) >= 11 is 0. The highest BCUT2D eigenvalue weighted by Crippen LogP contribution is 2.35. The van der Waals surface area contributed by atoms with Crippen LogP contribution in [0.1, 0.15) is 42.9 Å². The molecule has 3 atom stereocenters. The van der Waals surface area contributed by atoms with Crippen LogP contribution in [-0.4, -0.2) is 18.6 Å². The Labute approximate surface area is 159 Å². The van der Waals surface area contributed by atoms with Gasteiger partial charge in [0.2, 0.25) is 5.91 Å². The van der Waals surface area contributed by atoms with Gasteiger partial charge < -0.3 is 20.5 Å². The van der Waals surface area contributed by atoms with Crippen LogP contribution in [0, 0.1) is 5.92 Å². The second-order valence-corrected chi connectivity index (χ2v) is 7.39. The molecule has 1 saturated carbocycles. The van der Waals surface area contributed by atoms with E-state index in [-0.39, 0.29) is 24.0 Å². The highest BCUT2D eigenvalue weighted by atomic mass is 16.6. The van der Waals surface area contributed by atoms with Crippen molar-refractivity contribution in [3.8, 4) is 11.5 Å². The van der Waals surface area contributed by atoms with Crippen molar-refractivity contribution in [1.29, 1.82) is 0 Å². The van der Waals surface area contributed by atoms with Gasteiger partial charge in [0.1, 0.15) is 6.61 Å². The van der Waals surface area contributed by atoms with Crippen molar-refractivity contribution < 1.29 is 14.3 Å². The van der Waals surface area contributed by atoms with E-state index in [4.69, 9.17) is 15.2 Å². The maximum atomic E-state index is 11.6. The standard InChI is InChI=1S/C22H26N2O3/c23-22(25)17-5-1-2-6-18(17)24-13-15-9-11-16(12-10-15)21-14-26-19-7-3-4-8-20(19)27-21/h3-4,7-12,17-18,21,24H,1-2,5-6,13-14H2,(H2,23,25)/t17?,18?,21-/m1/s1. The van der Waals surface area contributed by atoms with Crippen LogP contribution in [0.5, 0.6) is 11.5 Å². The van der Waals surface area contributed by atoms with Crippen LogP contribution < -0.4 is 20.5 Å². The molecular formula is C22H26N2O3. The molecule has 27 heavy (non-hydrogen) atoms. The molecule has 0 bridgehead atoms. The second-order valence-electron chi connectivity index (χ2n) is 7.39. The highest BCUT2D eigenvalue weighted by Gasteiger charge is 2.29. The number of amides is 1. The average Bonchev–Trinajstić information content (AvgIpc) is 2.72. The maximum Gasteiger partial charge on any atom is 0.222 e. The van der Waals surface area contributed by atoms with Crippen LogP contribution in [0.25, 0.3) is 0 Å². The van der Waals surface area contributed by atoms with E-state index in [1.807, 2.05) is 24.3 Å². The number of benzene rings is 2. The minimum atomic E-state index is -0.183. The van der Waals surface area contributed by atoms with Crippen molar-refractivity contribution in [3.05, 3.63) is 59.7 Å². The second kappa shape index (κ2) is 8.01. The number of primary amides is 1. The minimum Gasteiger partial charge on any atom is -0.485 e. The molecule has 142 valence electrons. The Bertz CT molecular complexity index is 790. The summed E-state index contributed by atoms with van der Waals surface area (Å²) in [6, 6.07) is 16.3. The van der Waals surface area contributed by atoms with Crippen LogP contribution >= 0.6 is 0 Å². The van der Waals surface area contributed by atoms with E-state index in [0.29, 0.717) is 6.61 Å². The molecule has 1 fully saturated rings. The largest absolute Gasteiger partial charge is 0.485 e. The molecule has 0 aromatic heterocycles. The lowest BCUT2D eigenvalue weighted by Crippen LogP contribution is -2.44. The molecular weight excluding hydrogens is 340 g/mol. The molecule has 2 aromatic carbocycles. The summed E-state index contributed by atoms with van der Waals surface area (Å²) in [4.78, 5) is 11.6. The molecule has 4 rings (SSSR count). The normalized spacial score (nSPS) is 24.4. The number of hydrogen-bond donors (Lipinski definition) is 2. The molecule has 2 unspecified atom stereocenters. The number of carbonyl (C=O) groups is 1. The predicted molar refractivity (Wildman–Crippen MR) is 104 cm³/mol. The molecule has 3 N–H and O–H groups in total. The van der Waals surface area contributed by atoms with Crippen LogP contribution in [0.3, 0.4) is 0 Å². The average molecular weight is 366 g/mol. The topological polar surface area (TPSA) is 73.6 Å². The number of para-hydroxylation sites is 2. The number of carbonyl (C=O) groups excluding carboxylic acids is 1. The minimum absolute atomic E-state index is 0.0501. The van der Waals surface area contributed by atoms with E-state index in [1.165, 1.54) is 5.56 Å². The summed E-state index contributed by atoms with van der Waals surface area (Å²) in [5.41, 5.74) is 7.84. The highest BCUT2D eigenvalue weighted by molar-refractivity contribution is 5.77. The third kappa shape index (κ3) is 4.08. The van der Waals surface area contributed by atoms with Crippen LogP contribution in [0.15, 0.2) is 48.5 Å². The van der Waals surface area contributed by atoms with Gasteiger partial charge >= 0.3 is 0 Å². The predicted octanol–water partition coefficient (Wildman–Crippen LogP) is 3.33. The molecule has 5 nitrogen and oxygen atoms in total. The van der Waals surface area contributed by atoms with Crippen molar-refractivity contribution in [2.45, 2.75) is 44.4 Å². The van der Waals surface area contributed by atoms with Crippen molar-refractivity contribution in [1.82, 2.24) is 5.32 Å². The van der Waals surface area contributed by atoms with E-state index in [2.05, 4.69) is 29.6 Å². The first-order chi connectivity index (χ1) is 13.2. The van der Waals surface area contributed by atoms with Gasteiger partial charge in [-0.2, -0.15) is 0 Å². The van der Waals surface area contributed by atoms with E-state index in [1.54, 1.807) is 0 Å². The van der Waals surface area contributed by atoms with E-state index < -0.39 is 0 Å². The van der Waals surface area contributed by atoms with E-state index >= 15 is 0 Å². The third-order valence-corrected chi connectivity index (χ3v) is 5.56. The molecule has 1 aliphatic heterocycles. The number of ether oxygens (including phenoxy) is 2. The number of nitrogens with two attached hydrogens (primary N) is 1. The van der Waals surface area contributed by atoms with Gasteiger partial charge in [-0.15, -0.1) is 0 Å². The van der Waals surface area contributed by atoms with E-state index in [9.17, 15) is 4.79 Å². The molecule has 1 amide bonds. The molecule has 5 heteroatoms. The fourth-order valence-corrected chi connectivity index (χ4v) is 4.00. The van der Waals surface area contributed by atoms with Crippen LogP contribution in [0.2, 0.25) is 0 Å². The van der Waals surface area contributed by atoms with Crippen LogP contribution in [0.4, 0.5) is 0 Å². The Hall–Kier alpha value is -2.53. The van der Waals surface area contributed by atoms with Gasteiger partial charge in [0.05, 0.1) is 5.92 Å².